The molecule has 1 aliphatic heterocycles. The molecule has 0 saturated carbocycles. The quantitative estimate of drug-likeness (QED) is 0.632. The van der Waals surface area contributed by atoms with Gasteiger partial charge in [0.2, 0.25) is 0 Å². The Kier molecular flexibility index (Phi) is 3.49. The van der Waals surface area contributed by atoms with E-state index in [2.05, 4.69) is 15.9 Å². The third-order valence-corrected chi connectivity index (χ3v) is 3.21. The van der Waals surface area contributed by atoms with Crippen LogP contribution in [-0.4, -0.2) is 24.0 Å². The maximum Gasteiger partial charge on any atom is 0.338 e. The minimum absolute atomic E-state index is 0.174. The van der Waals surface area contributed by atoms with Crippen molar-refractivity contribution >= 4 is 21.9 Å². The Morgan fingerprint density at radius 2 is 2.44 bits per heavy atom. The predicted octanol–water partition coefficient (Wildman–Crippen LogP) is 2.56. The van der Waals surface area contributed by atoms with Gasteiger partial charge in [0, 0.05) is 11.8 Å². The Morgan fingerprint density at radius 3 is 3.12 bits per heavy atom. The van der Waals surface area contributed by atoms with Crippen LogP contribution in [0.4, 0.5) is 0 Å². The van der Waals surface area contributed by atoms with E-state index in [4.69, 9.17) is 9.47 Å². The van der Waals surface area contributed by atoms with E-state index in [0.717, 1.165) is 23.1 Å². The molecule has 0 saturated heterocycles. The topological polar surface area (TPSA) is 35.5 Å². The number of carbonyl (C=O) groups is 1. The lowest BCUT2D eigenvalue weighted by Crippen LogP contribution is -2.13. The molecule has 0 amide bonds. The molecule has 1 aliphatic rings. The lowest BCUT2D eigenvalue weighted by Gasteiger charge is -2.05. The number of hydrogen-bond donors (Lipinski definition) is 0. The van der Waals surface area contributed by atoms with Crippen LogP contribution < -0.4 is 4.74 Å². The van der Waals surface area contributed by atoms with Crippen LogP contribution in [0.2, 0.25) is 0 Å². The molecule has 0 fully saturated rings. The van der Waals surface area contributed by atoms with Crippen LogP contribution in [0.5, 0.6) is 5.75 Å². The second kappa shape index (κ2) is 4.87. The van der Waals surface area contributed by atoms with Crippen molar-refractivity contribution in [3.8, 4) is 5.75 Å². The molecule has 86 valence electrons. The fourth-order valence-electron chi connectivity index (χ4n) is 1.75. The van der Waals surface area contributed by atoms with Gasteiger partial charge in [0.05, 0.1) is 12.2 Å². The number of halogens is 1. The van der Waals surface area contributed by atoms with Crippen LogP contribution in [-0.2, 0) is 11.2 Å². The predicted molar refractivity (Wildman–Crippen MR) is 64.3 cm³/mol. The highest BCUT2D eigenvalue weighted by Gasteiger charge is 2.23. The standard InChI is InChI=1S/C12H13BrO3/c1-2-15-12(14)8-3-4-11-9(5-8)6-10(7-13)16-11/h3-5,10H,2,6-7H2,1H3. The summed E-state index contributed by atoms with van der Waals surface area (Å²) in [6, 6.07) is 5.44. The largest absolute Gasteiger partial charge is 0.489 e. The molecule has 1 unspecified atom stereocenters. The van der Waals surface area contributed by atoms with E-state index in [1.165, 1.54) is 0 Å². The molecule has 2 rings (SSSR count). The number of rotatable bonds is 3. The molecule has 1 atom stereocenters. The number of esters is 1. The molecule has 0 spiro atoms. The second-order valence-electron chi connectivity index (χ2n) is 3.64. The van der Waals surface area contributed by atoms with Crippen LogP contribution >= 0.6 is 15.9 Å². The van der Waals surface area contributed by atoms with Gasteiger partial charge in [-0.2, -0.15) is 0 Å². The molecule has 1 aromatic carbocycles. The molecular weight excluding hydrogens is 272 g/mol. The summed E-state index contributed by atoms with van der Waals surface area (Å²) in [6.07, 6.45) is 1.01. The van der Waals surface area contributed by atoms with E-state index in [-0.39, 0.29) is 12.1 Å². The number of benzene rings is 1. The number of alkyl halides is 1. The maximum absolute atomic E-state index is 11.5. The molecule has 1 aromatic rings. The van der Waals surface area contributed by atoms with Crippen molar-refractivity contribution in [3.63, 3.8) is 0 Å². The van der Waals surface area contributed by atoms with Crippen LogP contribution in [0.1, 0.15) is 22.8 Å². The summed E-state index contributed by atoms with van der Waals surface area (Å²) in [6.45, 7) is 2.20. The first-order valence-electron chi connectivity index (χ1n) is 5.27. The minimum atomic E-state index is -0.271. The van der Waals surface area contributed by atoms with E-state index < -0.39 is 0 Å². The highest BCUT2D eigenvalue weighted by molar-refractivity contribution is 9.09. The Balaban J connectivity index is 2.19. The first kappa shape index (κ1) is 11.5. The Hall–Kier alpha value is -1.03. The molecule has 0 radical (unpaired) electrons. The van der Waals surface area contributed by atoms with Crippen molar-refractivity contribution in [2.45, 2.75) is 19.4 Å². The smallest absolute Gasteiger partial charge is 0.338 e. The van der Waals surface area contributed by atoms with Crippen molar-refractivity contribution in [1.29, 1.82) is 0 Å². The van der Waals surface area contributed by atoms with Crippen LogP contribution in [0.25, 0.3) is 0 Å². The zero-order chi connectivity index (χ0) is 11.5. The zero-order valence-corrected chi connectivity index (χ0v) is 10.6. The average Bonchev–Trinajstić information content (AvgIpc) is 2.70. The molecular formula is C12H13BrO3. The SMILES string of the molecule is CCOC(=O)c1ccc2c(c1)CC(CBr)O2. The Morgan fingerprint density at radius 1 is 1.62 bits per heavy atom. The van der Waals surface area contributed by atoms with Crippen LogP contribution in [0.15, 0.2) is 18.2 Å². The molecule has 0 N–H and O–H groups in total. The normalized spacial score (nSPS) is 17.8. The summed E-state index contributed by atoms with van der Waals surface area (Å²) in [4.78, 5) is 11.5. The van der Waals surface area contributed by atoms with E-state index in [0.29, 0.717) is 12.2 Å². The third-order valence-electron chi connectivity index (χ3n) is 2.48. The summed E-state index contributed by atoms with van der Waals surface area (Å²) >= 11 is 3.39. The number of ether oxygens (including phenoxy) is 2. The van der Waals surface area contributed by atoms with Gasteiger partial charge >= 0.3 is 5.97 Å². The Bertz CT molecular complexity index is 403. The lowest BCUT2D eigenvalue weighted by molar-refractivity contribution is 0.0526. The molecule has 0 aliphatic carbocycles. The van der Waals surface area contributed by atoms with Gasteiger partial charge in [0.15, 0.2) is 0 Å². The zero-order valence-electron chi connectivity index (χ0n) is 9.03. The van der Waals surface area contributed by atoms with Crippen molar-refractivity contribution in [2.24, 2.45) is 0 Å². The molecule has 3 nitrogen and oxygen atoms in total. The molecule has 0 bridgehead atoms. The van der Waals surface area contributed by atoms with Crippen molar-refractivity contribution in [2.75, 3.05) is 11.9 Å². The van der Waals surface area contributed by atoms with Gasteiger partial charge in [-0.05, 0) is 30.7 Å². The van der Waals surface area contributed by atoms with Gasteiger partial charge in [-0.3, -0.25) is 0 Å². The number of fused-ring (bicyclic) bond motifs is 1. The highest BCUT2D eigenvalue weighted by atomic mass is 79.9. The Labute approximate surface area is 103 Å². The number of carbonyl (C=O) groups excluding carboxylic acids is 1. The first-order valence-corrected chi connectivity index (χ1v) is 6.39. The molecule has 16 heavy (non-hydrogen) atoms. The number of hydrogen-bond acceptors (Lipinski definition) is 3. The van der Waals surface area contributed by atoms with Gasteiger partial charge in [-0.1, -0.05) is 15.9 Å². The van der Waals surface area contributed by atoms with E-state index in [9.17, 15) is 4.79 Å². The fourth-order valence-corrected chi connectivity index (χ4v) is 2.11. The van der Waals surface area contributed by atoms with Gasteiger partial charge in [-0.25, -0.2) is 4.79 Å². The summed E-state index contributed by atoms with van der Waals surface area (Å²) in [5, 5.41) is 0.802. The van der Waals surface area contributed by atoms with Crippen LogP contribution in [0, 0.1) is 0 Å². The summed E-state index contributed by atoms with van der Waals surface area (Å²) in [5.41, 5.74) is 1.68. The summed E-state index contributed by atoms with van der Waals surface area (Å²) in [5.74, 6) is 0.602. The highest BCUT2D eigenvalue weighted by Crippen LogP contribution is 2.30. The second-order valence-corrected chi connectivity index (χ2v) is 4.29. The fraction of sp³-hybridized carbons (Fsp3) is 0.417. The van der Waals surface area contributed by atoms with E-state index in [1.807, 2.05) is 12.1 Å². The lowest BCUT2D eigenvalue weighted by atomic mass is 10.1. The minimum Gasteiger partial charge on any atom is -0.489 e. The van der Waals surface area contributed by atoms with Crippen molar-refractivity contribution in [1.82, 2.24) is 0 Å². The van der Waals surface area contributed by atoms with E-state index >= 15 is 0 Å². The third kappa shape index (κ3) is 2.21. The van der Waals surface area contributed by atoms with E-state index in [1.54, 1.807) is 13.0 Å². The van der Waals surface area contributed by atoms with Crippen LogP contribution in [0.3, 0.4) is 0 Å². The average molecular weight is 285 g/mol. The molecule has 1 heterocycles. The van der Waals surface area contributed by atoms with Gasteiger partial charge in [0.1, 0.15) is 11.9 Å². The molecule has 0 aromatic heterocycles. The van der Waals surface area contributed by atoms with Gasteiger partial charge in [-0.15, -0.1) is 0 Å². The first-order chi connectivity index (χ1) is 7.74. The summed E-state index contributed by atoms with van der Waals surface area (Å²) in [7, 11) is 0. The maximum atomic E-state index is 11.5. The van der Waals surface area contributed by atoms with Crippen molar-refractivity contribution in [3.05, 3.63) is 29.3 Å². The van der Waals surface area contributed by atoms with Gasteiger partial charge in [0.25, 0.3) is 0 Å². The van der Waals surface area contributed by atoms with Crippen molar-refractivity contribution < 1.29 is 14.3 Å². The monoisotopic (exact) mass is 284 g/mol. The van der Waals surface area contributed by atoms with Gasteiger partial charge < -0.3 is 9.47 Å². The molecule has 4 heteroatoms. The summed E-state index contributed by atoms with van der Waals surface area (Å²) < 4.78 is 10.6.